The molecule has 2 N–H and O–H groups in total. The average Bonchev–Trinajstić information content (AvgIpc) is 2.29. The van der Waals surface area contributed by atoms with Gasteiger partial charge in [-0.1, -0.05) is 34.1 Å². The monoisotopic (exact) mass is 334 g/mol. The Balaban J connectivity index is 0.00000289. The van der Waals surface area contributed by atoms with Crippen LogP contribution in [0.1, 0.15) is 31.4 Å². The highest BCUT2D eigenvalue weighted by Crippen LogP contribution is 2.22. The molecule has 1 unspecified atom stereocenters. The number of carbonyl (C=O) groups excluding carboxylic acids is 1. The summed E-state index contributed by atoms with van der Waals surface area (Å²) in [6.45, 7) is 2.87. The van der Waals surface area contributed by atoms with Crippen molar-refractivity contribution in [3.05, 3.63) is 34.3 Å². The smallest absolute Gasteiger partial charge is 0.220 e. The van der Waals surface area contributed by atoms with Crippen LogP contribution in [0, 0.1) is 0 Å². The largest absolute Gasteiger partial charge is 0.350 e. The van der Waals surface area contributed by atoms with Crippen molar-refractivity contribution in [2.45, 2.75) is 25.8 Å². The minimum Gasteiger partial charge on any atom is -0.350 e. The summed E-state index contributed by atoms with van der Waals surface area (Å²) in [4.78, 5) is 11.7. The molecular formula is C13H20BrClN2O. The molecule has 0 heterocycles. The van der Waals surface area contributed by atoms with Crippen LogP contribution in [0.2, 0.25) is 0 Å². The van der Waals surface area contributed by atoms with Gasteiger partial charge in [0.2, 0.25) is 5.91 Å². The lowest BCUT2D eigenvalue weighted by atomic mass is 10.1. The second-order valence-corrected chi connectivity index (χ2v) is 4.87. The molecule has 0 radical (unpaired) electrons. The first kappa shape index (κ1) is 17.4. The molecular weight excluding hydrogens is 316 g/mol. The van der Waals surface area contributed by atoms with E-state index < -0.39 is 0 Å². The van der Waals surface area contributed by atoms with Gasteiger partial charge < -0.3 is 10.6 Å². The van der Waals surface area contributed by atoms with Crippen molar-refractivity contribution in [1.29, 1.82) is 0 Å². The first-order valence-corrected chi connectivity index (χ1v) is 6.63. The van der Waals surface area contributed by atoms with Crippen LogP contribution in [0.5, 0.6) is 0 Å². The number of halogens is 2. The summed E-state index contributed by atoms with van der Waals surface area (Å²) in [5, 5.41) is 6.03. The van der Waals surface area contributed by atoms with Gasteiger partial charge in [-0.15, -0.1) is 12.4 Å². The second kappa shape index (κ2) is 9.36. The maximum absolute atomic E-state index is 11.7. The van der Waals surface area contributed by atoms with Gasteiger partial charge in [-0.05, 0) is 38.6 Å². The number of nitrogens with one attached hydrogen (secondary N) is 2. The standard InChI is InChI=1S/C13H19BrN2O.ClH/c1-10(11-6-3-4-7-12(11)14)16-13(17)8-5-9-15-2;/h3-4,6-7,10,15H,5,8-9H2,1-2H3,(H,16,17);1H. The summed E-state index contributed by atoms with van der Waals surface area (Å²) in [5.41, 5.74) is 1.11. The second-order valence-electron chi connectivity index (χ2n) is 4.02. The van der Waals surface area contributed by atoms with Gasteiger partial charge in [-0.2, -0.15) is 0 Å². The molecule has 0 aliphatic rings. The third kappa shape index (κ3) is 5.85. The molecule has 5 heteroatoms. The van der Waals surface area contributed by atoms with Gasteiger partial charge in [-0.3, -0.25) is 4.79 Å². The normalized spacial score (nSPS) is 11.5. The Morgan fingerprint density at radius 1 is 1.39 bits per heavy atom. The molecule has 0 aromatic heterocycles. The Morgan fingerprint density at radius 3 is 2.67 bits per heavy atom. The number of hydrogen-bond acceptors (Lipinski definition) is 2. The highest BCUT2D eigenvalue weighted by Gasteiger charge is 2.11. The summed E-state index contributed by atoms with van der Waals surface area (Å²) in [7, 11) is 1.89. The Kier molecular flexibility index (Phi) is 9.06. The van der Waals surface area contributed by atoms with E-state index >= 15 is 0 Å². The molecule has 0 spiro atoms. The van der Waals surface area contributed by atoms with Gasteiger partial charge in [0.25, 0.3) is 0 Å². The average molecular weight is 336 g/mol. The van der Waals surface area contributed by atoms with E-state index in [0.717, 1.165) is 23.0 Å². The molecule has 0 saturated carbocycles. The quantitative estimate of drug-likeness (QED) is 0.785. The van der Waals surface area contributed by atoms with Gasteiger partial charge in [0.1, 0.15) is 0 Å². The molecule has 0 saturated heterocycles. The maximum Gasteiger partial charge on any atom is 0.220 e. The molecule has 0 fully saturated rings. The number of amides is 1. The predicted molar refractivity (Wildman–Crippen MR) is 81.1 cm³/mol. The van der Waals surface area contributed by atoms with Gasteiger partial charge in [0.15, 0.2) is 0 Å². The minimum atomic E-state index is 0. The van der Waals surface area contributed by atoms with Crippen LogP contribution < -0.4 is 10.6 Å². The highest BCUT2D eigenvalue weighted by molar-refractivity contribution is 9.10. The van der Waals surface area contributed by atoms with Crippen molar-refractivity contribution < 1.29 is 4.79 Å². The zero-order valence-corrected chi connectivity index (χ0v) is 13.1. The van der Waals surface area contributed by atoms with Crippen molar-refractivity contribution in [3.63, 3.8) is 0 Å². The number of benzene rings is 1. The lowest BCUT2D eigenvalue weighted by Gasteiger charge is -2.15. The van der Waals surface area contributed by atoms with Crippen molar-refractivity contribution in [2.24, 2.45) is 0 Å². The molecule has 0 bridgehead atoms. The van der Waals surface area contributed by atoms with Crippen LogP contribution >= 0.6 is 28.3 Å². The zero-order valence-electron chi connectivity index (χ0n) is 10.7. The molecule has 102 valence electrons. The minimum absolute atomic E-state index is 0. The Morgan fingerprint density at radius 2 is 2.06 bits per heavy atom. The van der Waals surface area contributed by atoms with Crippen LogP contribution in [0.3, 0.4) is 0 Å². The van der Waals surface area contributed by atoms with Crippen LogP contribution in [0.25, 0.3) is 0 Å². The molecule has 3 nitrogen and oxygen atoms in total. The van der Waals surface area contributed by atoms with E-state index in [1.807, 2.05) is 38.2 Å². The van der Waals surface area contributed by atoms with Gasteiger partial charge in [-0.25, -0.2) is 0 Å². The Labute approximate surface area is 123 Å². The summed E-state index contributed by atoms with van der Waals surface area (Å²) < 4.78 is 1.03. The van der Waals surface area contributed by atoms with E-state index in [0.29, 0.717) is 6.42 Å². The molecule has 1 amide bonds. The molecule has 1 aromatic rings. The van der Waals surface area contributed by atoms with E-state index in [1.165, 1.54) is 0 Å². The highest BCUT2D eigenvalue weighted by atomic mass is 79.9. The van der Waals surface area contributed by atoms with Gasteiger partial charge in [0, 0.05) is 10.9 Å². The van der Waals surface area contributed by atoms with Crippen molar-refractivity contribution in [1.82, 2.24) is 10.6 Å². The molecule has 0 aliphatic carbocycles. The lowest BCUT2D eigenvalue weighted by Crippen LogP contribution is -2.27. The maximum atomic E-state index is 11.7. The number of hydrogen-bond donors (Lipinski definition) is 2. The van der Waals surface area contributed by atoms with Gasteiger partial charge >= 0.3 is 0 Å². The van der Waals surface area contributed by atoms with Crippen LogP contribution in [-0.4, -0.2) is 19.5 Å². The third-order valence-corrected chi connectivity index (χ3v) is 3.30. The lowest BCUT2D eigenvalue weighted by molar-refractivity contribution is -0.121. The van der Waals surface area contributed by atoms with Crippen LogP contribution in [0.15, 0.2) is 28.7 Å². The van der Waals surface area contributed by atoms with E-state index in [4.69, 9.17) is 0 Å². The van der Waals surface area contributed by atoms with Crippen LogP contribution in [-0.2, 0) is 4.79 Å². The van der Waals surface area contributed by atoms with Gasteiger partial charge in [0.05, 0.1) is 6.04 Å². The molecule has 0 aliphatic heterocycles. The Hall–Kier alpha value is -0.580. The van der Waals surface area contributed by atoms with Crippen molar-refractivity contribution >= 4 is 34.2 Å². The van der Waals surface area contributed by atoms with E-state index in [9.17, 15) is 4.79 Å². The first-order chi connectivity index (χ1) is 8.15. The van der Waals surface area contributed by atoms with E-state index in [1.54, 1.807) is 0 Å². The summed E-state index contributed by atoms with van der Waals surface area (Å²) >= 11 is 3.49. The first-order valence-electron chi connectivity index (χ1n) is 5.83. The number of carbonyl (C=O) groups is 1. The fourth-order valence-corrected chi connectivity index (χ4v) is 2.27. The molecule has 18 heavy (non-hydrogen) atoms. The zero-order chi connectivity index (χ0) is 12.7. The van der Waals surface area contributed by atoms with Crippen molar-refractivity contribution in [2.75, 3.05) is 13.6 Å². The topological polar surface area (TPSA) is 41.1 Å². The summed E-state index contributed by atoms with van der Waals surface area (Å²) in [6.07, 6.45) is 1.43. The SMILES string of the molecule is CNCCCC(=O)NC(C)c1ccccc1Br.Cl. The predicted octanol–water partition coefficient (Wildman–Crippen LogP) is 3.05. The third-order valence-electron chi connectivity index (χ3n) is 2.58. The van der Waals surface area contributed by atoms with E-state index in [-0.39, 0.29) is 24.4 Å². The molecule has 1 rings (SSSR count). The molecule has 1 atom stereocenters. The summed E-state index contributed by atoms with van der Waals surface area (Å²) in [5.74, 6) is 0.100. The Bertz CT molecular complexity index is 374. The van der Waals surface area contributed by atoms with Crippen molar-refractivity contribution in [3.8, 4) is 0 Å². The fourth-order valence-electron chi connectivity index (χ4n) is 1.64. The summed E-state index contributed by atoms with van der Waals surface area (Å²) in [6, 6.07) is 7.98. The fraction of sp³-hybridized carbons (Fsp3) is 0.462. The molecule has 1 aromatic carbocycles. The van der Waals surface area contributed by atoms with Crippen LogP contribution in [0.4, 0.5) is 0 Å². The number of rotatable bonds is 6. The van der Waals surface area contributed by atoms with E-state index in [2.05, 4.69) is 26.6 Å².